The Morgan fingerprint density at radius 1 is 1.05 bits per heavy atom. The maximum Gasteiger partial charge on any atom is 0.157 e. The van der Waals surface area contributed by atoms with Gasteiger partial charge in [-0.05, 0) is 68.6 Å². The van der Waals surface area contributed by atoms with Gasteiger partial charge in [-0.3, -0.25) is 0 Å². The van der Waals surface area contributed by atoms with Crippen molar-refractivity contribution in [2.75, 3.05) is 26.4 Å². The largest absolute Gasteiger partial charge is 0.381 e. The second-order valence-corrected chi connectivity index (χ2v) is 7.95. The minimum atomic E-state index is 0.0666. The Hall–Kier alpha value is -0.120. The average Bonchev–Trinajstić information content (AvgIpc) is 3.28. The molecule has 0 bridgehead atoms. The van der Waals surface area contributed by atoms with Crippen LogP contribution in [-0.2, 0) is 14.2 Å². The molecule has 3 aliphatic carbocycles. The van der Waals surface area contributed by atoms with Crippen molar-refractivity contribution in [1.82, 2.24) is 0 Å². The Morgan fingerprint density at radius 3 is 2.62 bits per heavy atom. The lowest BCUT2D eigenvalue weighted by Crippen LogP contribution is -2.30. The molecule has 4 rings (SSSR count). The van der Waals surface area contributed by atoms with Gasteiger partial charge < -0.3 is 14.2 Å². The van der Waals surface area contributed by atoms with Crippen molar-refractivity contribution in [3.63, 3.8) is 0 Å². The third-order valence-electron chi connectivity index (χ3n) is 6.92. The summed E-state index contributed by atoms with van der Waals surface area (Å²) in [4.78, 5) is 0. The molecule has 0 aromatic rings. The summed E-state index contributed by atoms with van der Waals surface area (Å²) in [5.41, 5.74) is 2.19. The van der Waals surface area contributed by atoms with Crippen molar-refractivity contribution < 1.29 is 14.2 Å². The smallest absolute Gasteiger partial charge is 0.157 e. The zero-order valence-electron chi connectivity index (χ0n) is 13.5. The lowest BCUT2D eigenvalue weighted by molar-refractivity contribution is -0.163. The number of ether oxygens (including phenoxy) is 3. The van der Waals surface area contributed by atoms with Crippen molar-refractivity contribution in [1.29, 1.82) is 0 Å². The Kier molecular flexibility index (Phi) is 3.59. The fourth-order valence-electron chi connectivity index (χ4n) is 5.53. The van der Waals surface area contributed by atoms with Crippen LogP contribution in [-0.4, -0.2) is 32.7 Å². The van der Waals surface area contributed by atoms with E-state index >= 15 is 0 Å². The number of unbranched alkanes of at least 4 members (excludes halogenated alkanes) is 1. The number of rotatable bonds is 9. The molecule has 4 aliphatic rings. The van der Waals surface area contributed by atoms with E-state index in [-0.39, 0.29) is 6.29 Å². The van der Waals surface area contributed by atoms with Gasteiger partial charge in [0, 0.05) is 25.2 Å². The van der Waals surface area contributed by atoms with Crippen molar-refractivity contribution in [2.24, 2.45) is 16.2 Å². The SMILES string of the molecule is CCC12CC3(COCCCCOC4CCCCO4)CC13C2. The first-order chi connectivity index (χ1) is 10.3. The molecule has 4 atom stereocenters. The monoisotopic (exact) mass is 294 g/mol. The van der Waals surface area contributed by atoms with Gasteiger partial charge >= 0.3 is 0 Å². The first kappa shape index (κ1) is 14.5. The van der Waals surface area contributed by atoms with Crippen LogP contribution in [0.2, 0.25) is 0 Å². The molecule has 0 amide bonds. The Balaban J connectivity index is 1.03. The molecule has 1 spiro atoms. The lowest BCUT2D eigenvalue weighted by atomic mass is 9.73. The van der Waals surface area contributed by atoms with Crippen LogP contribution in [0.15, 0.2) is 0 Å². The summed E-state index contributed by atoms with van der Waals surface area (Å²) in [6, 6.07) is 0. The summed E-state index contributed by atoms with van der Waals surface area (Å²) < 4.78 is 17.3. The van der Waals surface area contributed by atoms with E-state index in [1.807, 2.05) is 0 Å². The second kappa shape index (κ2) is 5.21. The molecule has 1 aliphatic heterocycles. The van der Waals surface area contributed by atoms with Crippen LogP contribution in [0.5, 0.6) is 0 Å². The predicted octanol–water partition coefficient (Wildman–Crippen LogP) is 3.91. The van der Waals surface area contributed by atoms with E-state index in [9.17, 15) is 0 Å². The van der Waals surface area contributed by atoms with Crippen LogP contribution in [0.25, 0.3) is 0 Å². The van der Waals surface area contributed by atoms with Gasteiger partial charge in [0.2, 0.25) is 0 Å². The van der Waals surface area contributed by atoms with Crippen molar-refractivity contribution in [2.45, 2.75) is 71.0 Å². The van der Waals surface area contributed by atoms with Crippen molar-refractivity contribution in [3.05, 3.63) is 0 Å². The molecule has 3 saturated carbocycles. The minimum Gasteiger partial charge on any atom is -0.381 e. The van der Waals surface area contributed by atoms with Crippen LogP contribution in [0, 0.1) is 16.2 Å². The molecular formula is C18H30O3. The van der Waals surface area contributed by atoms with Gasteiger partial charge in [0.15, 0.2) is 6.29 Å². The summed E-state index contributed by atoms with van der Waals surface area (Å²) in [6.45, 7) is 6.00. The van der Waals surface area contributed by atoms with E-state index in [4.69, 9.17) is 14.2 Å². The highest BCUT2D eigenvalue weighted by atomic mass is 16.7. The maximum atomic E-state index is 5.97. The predicted molar refractivity (Wildman–Crippen MR) is 81.0 cm³/mol. The third-order valence-corrected chi connectivity index (χ3v) is 6.92. The molecule has 0 N–H and O–H groups in total. The van der Waals surface area contributed by atoms with Gasteiger partial charge in [-0.25, -0.2) is 0 Å². The quantitative estimate of drug-likeness (QED) is 0.603. The maximum absolute atomic E-state index is 5.97. The van der Waals surface area contributed by atoms with E-state index in [0.29, 0.717) is 5.41 Å². The highest BCUT2D eigenvalue weighted by Crippen LogP contribution is 3.01. The van der Waals surface area contributed by atoms with Crippen LogP contribution < -0.4 is 0 Å². The summed E-state index contributed by atoms with van der Waals surface area (Å²) in [6.07, 6.45) is 11.6. The highest BCUT2D eigenvalue weighted by Gasteiger charge is 2.95. The first-order valence-electron chi connectivity index (χ1n) is 9.07. The Morgan fingerprint density at radius 2 is 1.90 bits per heavy atom. The van der Waals surface area contributed by atoms with E-state index in [2.05, 4.69) is 6.92 Å². The van der Waals surface area contributed by atoms with Crippen molar-refractivity contribution in [3.8, 4) is 0 Å². The van der Waals surface area contributed by atoms with Gasteiger partial charge in [-0.1, -0.05) is 6.92 Å². The van der Waals surface area contributed by atoms with Crippen LogP contribution in [0.1, 0.15) is 64.7 Å². The summed E-state index contributed by atoms with van der Waals surface area (Å²) in [5.74, 6) is 0. The van der Waals surface area contributed by atoms with Gasteiger partial charge in [-0.15, -0.1) is 0 Å². The number of hydrogen-bond acceptors (Lipinski definition) is 3. The molecule has 3 nitrogen and oxygen atoms in total. The number of hydrogen-bond donors (Lipinski definition) is 0. The molecule has 120 valence electrons. The third kappa shape index (κ3) is 2.19. The molecule has 3 heteroatoms. The highest BCUT2D eigenvalue weighted by molar-refractivity contribution is 5.43. The second-order valence-electron chi connectivity index (χ2n) is 7.95. The van der Waals surface area contributed by atoms with E-state index in [0.717, 1.165) is 56.5 Å². The Bertz CT molecular complexity index is 392. The van der Waals surface area contributed by atoms with Crippen LogP contribution in [0.3, 0.4) is 0 Å². The molecular weight excluding hydrogens is 264 g/mol. The van der Waals surface area contributed by atoms with Crippen molar-refractivity contribution >= 4 is 0 Å². The van der Waals surface area contributed by atoms with Gasteiger partial charge in [0.25, 0.3) is 0 Å². The van der Waals surface area contributed by atoms with Gasteiger partial charge in [-0.2, -0.15) is 0 Å². The average molecular weight is 294 g/mol. The zero-order valence-corrected chi connectivity index (χ0v) is 13.5. The Labute approximate surface area is 128 Å². The normalized spacial score (nSPS) is 46.4. The van der Waals surface area contributed by atoms with E-state index < -0.39 is 0 Å². The molecule has 1 heterocycles. The van der Waals surface area contributed by atoms with Crippen LogP contribution in [0.4, 0.5) is 0 Å². The molecule has 4 unspecified atom stereocenters. The molecule has 0 radical (unpaired) electrons. The minimum absolute atomic E-state index is 0.0666. The van der Waals surface area contributed by atoms with Gasteiger partial charge in [0.05, 0.1) is 6.61 Å². The van der Waals surface area contributed by atoms with E-state index in [1.54, 1.807) is 0 Å². The first-order valence-corrected chi connectivity index (χ1v) is 9.07. The van der Waals surface area contributed by atoms with Crippen LogP contribution >= 0.6 is 0 Å². The van der Waals surface area contributed by atoms with E-state index in [1.165, 1.54) is 38.5 Å². The molecule has 1 saturated heterocycles. The fraction of sp³-hybridized carbons (Fsp3) is 1.00. The molecule has 0 aromatic heterocycles. The topological polar surface area (TPSA) is 27.7 Å². The molecule has 0 aromatic carbocycles. The summed E-state index contributed by atoms with van der Waals surface area (Å²) in [5, 5.41) is 0. The standard InChI is InChI=1S/C18H30O3/c1-2-16-11-17(13-18(16,17)12-16)14-19-8-5-6-10-21-15-7-3-4-9-20-15/h15H,2-14H2,1H3. The summed E-state index contributed by atoms with van der Waals surface area (Å²) in [7, 11) is 0. The summed E-state index contributed by atoms with van der Waals surface area (Å²) >= 11 is 0. The fourth-order valence-corrected chi connectivity index (χ4v) is 5.53. The zero-order chi connectivity index (χ0) is 14.4. The lowest BCUT2D eigenvalue weighted by Gasteiger charge is -2.33. The molecule has 21 heavy (non-hydrogen) atoms. The van der Waals surface area contributed by atoms with Gasteiger partial charge in [0.1, 0.15) is 0 Å². The molecule has 4 fully saturated rings.